The topological polar surface area (TPSA) is 64.3 Å². The molecule has 0 spiro atoms. The van der Waals surface area contributed by atoms with Gasteiger partial charge in [0.05, 0.1) is 0 Å². The first-order valence-corrected chi connectivity index (χ1v) is 12.1. The quantitative estimate of drug-likeness (QED) is 0.309. The average molecular weight is 457 g/mol. The van der Waals surface area contributed by atoms with Crippen LogP contribution in [0.5, 0.6) is 5.75 Å². The van der Waals surface area contributed by atoms with Crippen LogP contribution in [0.25, 0.3) is 11.1 Å². The number of nitrogen functional groups attached to an aromatic ring is 1. The summed E-state index contributed by atoms with van der Waals surface area (Å²) >= 11 is 0. The van der Waals surface area contributed by atoms with Crippen LogP contribution in [0, 0.1) is 5.92 Å². The van der Waals surface area contributed by atoms with Gasteiger partial charge in [0.2, 0.25) is 0 Å². The molecule has 178 valence electrons. The Morgan fingerprint density at radius 1 is 0.912 bits per heavy atom. The van der Waals surface area contributed by atoms with E-state index in [0.717, 1.165) is 46.5 Å². The van der Waals surface area contributed by atoms with Gasteiger partial charge >= 0.3 is 0 Å². The van der Waals surface area contributed by atoms with Gasteiger partial charge in [0.1, 0.15) is 12.4 Å². The number of carbonyl (C=O) groups excluding carboxylic acids is 1. The predicted molar refractivity (Wildman–Crippen MR) is 140 cm³/mol. The highest BCUT2D eigenvalue weighted by Crippen LogP contribution is 2.35. The summed E-state index contributed by atoms with van der Waals surface area (Å²) in [5.74, 6) is 1.43. The number of piperidine rings is 1. The Morgan fingerprint density at radius 2 is 1.56 bits per heavy atom. The number of carbonyl (C=O) groups is 1. The van der Waals surface area contributed by atoms with E-state index in [1.165, 1.54) is 0 Å². The maximum atomic E-state index is 13.0. The highest BCUT2D eigenvalue weighted by atomic mass is 16.5. The van der Waals surface area contributed by atoms with Gasteiger partial charge in [0.15, 0.2) is 5.78 Å². The van der Waals surface area contributed by atoms with Crippen LogP contribution in [0.4, 0.5) is 5.69 Å². The first-order chi connectivity index (χ1) is 16.1. The van der Waals surface area contributed by atoms with Crippen molar-refractivity contribution in [1.29, 1.82) is 0 Å². The van der Waals surface area contributed by atoms with E-state index >= 15 is 0 Å². The molecule has 4 nitrogen and oxygen atoms in total. The van der Waals surface area contributed by atoms with E-state index in [4.69, 9.17) is 10.5 Å². The molecular weight excluding hydrogens is 420 g/mol. The molecule has 0 saturated carbocycles. The second-order valence-electron chi connectivity index (χ2n) is 10.9. The molecule has 4 heteroatoms. The minimum Gasteiger partial charge on any atom is -0.489 e. The predicted octanol–water partition coefficient (Wildman–Crippen LogP) is 6.64. The third-order valence-corrected chi connectivity index (χ3v) is 6.51. The molecule has 0 atom stereocenters. The lowest BCUT2D eigenvalue weighted by Crippen LogP contribution is -2.57. The zero-order chi connectivity index (χ0) is 24.3. The summed E-state index contributed by atoms with van der Waals surface area (Å²) in [5, 5.41) is 3.69. The maximum Gasteiger partial charge on any atom is 0.163 e. The van der Waals surface area contributed by atoms with Crippen LogP contribution in [-0.2, 0) is 6.61 Å². The van der Waals surface area contributed by atoms with Gasteiger partial charge in [0.25, 0.3) is 0 Å². The standard InChI is InChI=1S/C30H36N2O2/c1-29(2)18-22(19-30(3,4)32-29)16-28(33)24-10-8-21(9-11-24)20-34-27-7-5-6-25(17-27)23-12-14-26(31)15-13-23/h5-15,17,22,32H,16,18-20,31H2,1-4H3. The monoisotopic (exact) mass is 456 g/mol. The van der Waals surface area contributed by atoms with Gasteiger partial charge in [0, 0.05) is 28.7 Å². The number of anilines is 1. The number of ether oxygens (including phenoxy) is 1. The van der Waals surface area contributed by atoms with Crippen molar-refractivity contribution in [2.75, 3.05) is 5.73 Å². The molecule has 3 N–H and O–H groups in total. The van der Waals surface area contributed by atoms with Crippen molar-refractivity contribution in [3.8, 4) is 16.9 Å². The molecule has 1 fully saturated rings. The van der Waals surface area contributed by atoms with Gasteiger partial charge < -0.3 is 15.8 Å². The molecule has 1 aliphatic heterocycles. The summed E-state index contributed by atoms with van der Waals surface area (Å²) in [4.78, 5) is 13.0. The largest absolute Gasteiger partial charge is 0.489 e. The summed E-state index contributed by atoms with van der Waals surface area (Å²) in [6, 6.07) is 23.7. The Kier molecular flexibility index (Phi) is 6.81. The van der Waals surface area contributed by atoms with Crippen LogP contribution in [0.15, 0.2) is 72.8 Å². The first-order valence-electron chi connectivity index (χ1n) is 12.1. The summed E-state index contributed by atoms with van der Waals surface area (Å²) in [7, 11) is 0. The van der Waals surface area contributed by atoms with E-state index in [2.05, 4.69) is 39.1 Å². The van der Waals surface area contributed by atoms with E-state index < -0.39 is 0 Å². The third-order valence-electron chi connectivity index (χ3n) is 6.51. The zero-order valence-electron chi connectivity index (χ0n) is 20.7. The number of Topliss-reactive ketones (excluding diaryl/α,β-unsaturated/α-hetero) is 1. The SMILES string of the molecule is CC1(C)CC(CC(=O)c2ccc(COc3cccc(-c4ccc(N)cc4)c3)cc2)CC(C)(C)N1. The van der Waals surface area contributed by atoms with Crippen molar-refractivity contribution >= 4 is 11.5 Å². The van der Waals surface area contributed by atoms with Gasteiger partial charge in [-0.05, 0) is 87.4 Å². The number of nitrogens with one attached hydrogen (secondary N) is 1. The van der Waals surface area contributed by atoms with Crippen LogP contribution in [0.2, 0.25) is 0 Å². The van der Waals surface area contributed by atoms with Gasteiger partial charge in [-0.3, -0.25) is 4.79 Å². The van der Waals surface area contributed by atoms with Gasteiger partial charge in [-0.2, -0.15) is 0 Å². The molecule has 3 aromatic rings. The lowest BCUT2D eigenvalue weighted by molar-refractivity contribution is 0.0864. The van der Waals surface area contributed by atoms with Gasteiger partial charge in [-0.1, -0.05) is 48.5 Å². The fourth-order valence-electron chi connectivity index (χ4n) is 5.45. The van der Waals surface area contributed by atoms with Crippen molar-refractivity contribution < 1.29 is 9.53 Å². The summed E-state index contributed by atoms with van der Waals surface area (Å²) in [6.45, 7) is 9.37. The molecule has 0 aliphatic carbocycles. The second kappa shape index (κ2) is 9.63. The van der Waals surface area contributed by atoms with Crippen molar-refractivity contribution in [2.24, 2.45) is 5.92 Å². The number of benzene rings is 3. The minimum atomic E-state index is 0.0546. The van der Waals surface area contributed by atoms with Crippen LogP contribution in [0.3, 0.4) is 0 Å². The second-order valence-corrected chi connectivity index (χ2v) is 10.9. The molecule has 4 rings (SSSR count). The molecule has 0 radical (unpaired) electrons. The molecule has 3 aromatic carbocycles. The molecule has 0 amide bonds. The highest BCUT2D eigenvalue weighted by Gasteiger charge is 2.38. The lowest BCUT2D eigenvalue weighted by atomic mass is 9.74. The fourth-order valence-corrected chi connectivity index (χ4v) is 5.45. The van der Waals surface area contributed by atoms with E-state index in [9.17, 15) is 4.79 Å². The Morgan fingerprint density at radius 3 is 2.21 bits per heavy atom. The molecule has 0 aromatic heterocycles. The number of ketones is 1. The van der Waals surface area contributed by atoms with E-state index in [1.54, 1.807) is 0 Å². The number of nitrogens with two attached hydrogens (primary N) is 1. The molecule has 1 saturated heterocycles. The van der Waals surface area contributed by atoms with E-state index in [1.807, 2.05) is 66.7 Å². The fraction of sp³-hybridized carbons (Fsp3) is 0.367. The Balaban J connectivity index is 1.35. The van der Waals surface area contributed by atoms with Gasteiger partial charge in [-0.25, -0.2) is 0 Å². The van der Waals surface area contributed by atoms with Crippen molar-refractivity contribution in [2.45, 2.75) is 64.6 Å². The Hall–Kier alpha value is -3.11. The van der Waals surface area contributed by atoms with Crippen molar-refractivity contribution in [3.05, 3.63) is 83.9 Å². The first kappa shape index (κ1) is 24.0. The lowest BCUT2D eigenvalue weighted by Gasteiger charge is -2.46. The van der Waals surface area contributed by atoms with E-state index in [0.29, 0.717) is 18.9 Å². The normalized spacial score (nSPS) is 17.3. The average Bonchev–Trinajstić information content (AvgIpc) is 2.76. The summed E-state index contributed by atoms with van der Waals surface area (Å²) in [5.41, 5.74) is 10.7. The van der Waals surface area contributed by atoms with E-state index in [-0.39, 0.29) is 16.9 Å². The molecule has 0 unspecified atom stereocenters. The smallest absolute Gasteiger partial charge is 0.163 e. The Bertz CT molecular complexity index is 1120. The van der Waals surface area contributed by atoms with Crippen LogP contribution >= 0.6 is 0 Å². The molecule has 1 heterocycles. The van der Waals surface area contributed by atoms with Crippen LogP contribution in [0.1, 0.15) is 62.9 Å². The third kappa shape index (κ3) is 6.27. The molecule has 0 bridgehead atoms. The van der Waals surface area contributed by atoms with Crippen molar-refractivity contribution in [3.63, 3.8) is 0 Å². The van der Waals surface area contributed by atoms with Crippen LogP contribution in [-0.4, -0.2) is 16.9 Å². The minimum absolute atomic E-state index is 0.0546. The number of hydrogen-bond acceptors (Lipinski definition) is 4. The number of rotatable bonds is 7. The number of hydrogen-bond donors (Lipinski definition) is 2. The summed E-state index contributed by atoms with van der Waals surface area (Å²) < 4.78 is 6.03. The molecular formula is C30H36N2O2. The molecule has 1 aliphatic rings. The summed E-state index contributed by atoms with van der Waals surface area (Å²) in [6.07, 6.45) is 2.63. The van der Waals surface area contributed by atoms with Gasteiger partial charge in [-0.15, -0.1) is 0 Å². The zero-order valence-corrected chi connectivity index (χ0v) is 20.7. The van der Waals surface area contributed by atoms with Crippen molar-refractivity contribution in [1.82, 2.24) is 5.32 Å². The van der Waals surface area contributed by atoms with Crippen LogP contribution < -0.4 is 15.8 Å². The maximum absolute atomic E-state index is 13.0. The highest BCUT2D eigenvalue weighted by molar-refractivity contribution is 5.96. The Labute approximate surface area is 203 Å². The molecule has 34 heavy (non-hydrogen) atoms.